The first-order valence-electron chi connectivity index (χ1n) is 7.81. The lowest BCUT2D eigenvalue weighted by Gasteiger charge is -2.20. The number of imidazole rings is 1. The van der Waals surface area contributed by atoms with Gasteiger partial charge in [0, 0.05) is 6.42 Å². The fourth-order valence-corrected chi connectivity index (χ4v) is 4.41. The van der Waals surface area contributed by atoms with Gasteiger partial charge in [-0.15, -0.1) is 0 Å². The number of hydrogen-bond acceptors (Lipinski definition) is 6. The van der Waals surface area contributed by atoms with Crippen LogP contribution in [0.2, 0.25) is 5.02 Å². The highest BCUT2D eigenvalue weighted by molar-refractivity contribution is 7.52. The van der Waals surface area contributed by atoms with E-state index >= 15 is 0 Å². The summed E-state index contributed by atoms with van der Waals surface area (Å²) in [7, 11) is -3.45. The molecule has 0 aliphatic heterocycles. The minimum atomic E-state index is -3.45. The van der Waals surface area contributed by atoms with Crippen molar-refractivity contribution < 1.29 is 23.5 Å². The summed E-state index contributed by atoms with van der Waals surface area (Å²) in [6.45, 7) is 3.85. The number of nitrogens with two attached hydrogens (primary N) is 1. The first kappa shape index (κ1) is 19.9. The molecule has 10 heteroatoms. The monoisotopic (exact) mass is 389 g/mol. The highest BCUT2D eigenvalue weighted by Crippen LogP contribution is 2.50. The molecule has 3 N–H and O–H groups in total. The van der Waals surface area contributed by atoms with E-state index in [9.17, 15) is 9.36 Å². The van der Waals surface area contributed by atoms with Crippen LogP contribution in [0.4, 0.5) is 0 Å². The number of carboxylic acids is 1. The van der Waals surface area contributed by atoms with E-state index in [1.165, 1.54) is 0 Å². The Kier molecular flexibility index (Phi) is 6.59. The van der Waals surface area contributed by atoms with Gasteiger partial charge < -0.3 is 24.5 Å². The maximum atomic E-state index is 12.9. The molecule has 0 spiro atoms. The second-order valence-corrected chi connectivity index (χ2v) is 7.73. The van der Waals surface area contributed by atoms with E-state index in [1.54, 1.807) is 36.6 Å². The standard InChI is InChI=1S/C15H21ClN3O5P/c1-3-23-25(22,24-4-2)9-19-13(8-11(17)15(20)21)18-12-7-5-6-10(16)14(12)19/h5-7,11H,3-4,8-9,17H2,1-2H3,(H,20,21)/t11-/m1/s1. The highest BCUT2D eigenvalue weighted by Gasteiger charge is 2.28. The third kappa shape index (κ3) is 4.59. The van der Waals surface area contributed by atoms with Gasteiger partial charge in [0.15, 0.2) is 0 Å². The molecule has 0 bridgehead atoms. The van der Waals surface area contributed by atoms with Crippen molar-refractivity contribution in [2.75, 3.05) is 13.2 Å². The molecule has 1 aromatic carbocycles. The number of benzene rings is 1. The van der Waals surface area contributed by atoms with Gasteiger partial charge in [-0.1, -0.05) is 17.7 Å². The van der Waals surface area contributed by atoms with Crippen LogP contribution in [0.1, 0.15) is 19.7 Å². The van der Waals surface area contributed by atoms with Crippen molar-refractivity contribution in [1.29, 1.82) is 0 Å². The minimum Gasteiger partial charge on any atom is -0.480 e. The number of nitrogens with zero attached hydrogens (tertiary/aromatic N) is 2. The molecule has 25 heavy (non-hydrogen) atoms. The minimum absolute atomic E-state index is 0.0431. The topological polar surface area (TPSA) is 117 Å². The molecule has 0 fully saturated rings. The second kappa shape index (κ2) is 8.29. The number of fused-ring (bicyclic) bond motifs is 1. The Labute approximate surface area is 150 Å². The van der Waals surface area contributed by atoms with Crippen molar-refractivity contribution in [2.24, 2.45) is 5.73 Å². The zero-order valence-electron chi connectivity index (χ0n) is 14.0. The van der Waals surface area contributed by atoms with Crippen LogP contribution < -0.4 is 5.73 Å². The number of hydrogen-bond donors (Lipinski definition) is 2. The number of carbonyl (C=O) groups is 1. The van der Waals surface area contributed by atoms with Crippen LogP contribution in [0, 0.1) is 0 Å². The number of rotatable bonds is 9. The Balaban J connectivity index is 2.54. The van der Waals surface area contributed by atoms with Crippen molar-refractivity contribution >= 4 is 36.2 Å². The van der Waals surface area contributed by atoms with Crippen molar-refractivity contribution in [3.05, 3.63) is 29.0 Å². The van der Waals surface area contributed by atoms with E-state index in [4.69, 9.17) is 31.5 Å². The molecule has 1 heterocycles. The van der Waals surface area contributed by atoms with Gasteiger partial charge in [-0.3, -0.25) is 9.36 Å². The summed E-state index contributed by atoms with van der Waals surface area (Å²) in [6, 6.07) is 4.00. The molecular formula is C15H21ClN3O5P. The van der Waals surface area contributed by atoms with Crippen LogP contribution in [0.5, 0.6) is 0 Å². The molecule has 0 aliphatic rings. The van der Waals surface area contributed by atoms with Gasteiger partial charge in [0.1, 0.15) is 18.2 Å². The second-order valence-electron chi connectivity index (χ2n) is 5.30. The summed E-state index contributed by atoms with van der Waals surface area (Å²) in [4.78, 5) is 15.5. The molecule has 138 valence electrons. The maximum Gasteiger partial charge on any atom is 0.350 e. The highest BCUT2D eigenvalue weighted by atomic mass is 35.5. The van der Waals surface area contributed by atoms with Crippen LogP contribution in [-0.4, -0.2) is 39.9 Å². The van der Waals surface area contributed by atoms with Crippen LogP contribution in [0.25, 0.3) is 11.0 Å². The summed E-state index contributed by atoms with van der Waals surface area (Å²) >= 11 is 6.28. The number of aliphatic carboxylic acids is 1. The van der Waals surface area contributed by atoms with Gasteiger partial charge in [0.05, 0.1) is 29.3 Å². The lowest BCUT2D eigenvalue weighted by molar-refractivity contribution is -0.138. The zero-order valence-corrected chi connectivity index (χ0v) is 15.7. The van der Waals surface area contributed by atoms with Gasteiger partial charge >= 0.3 is 13.6 Å². The maximum absolute atomic E-state index is 12.9. The van der Waals surface area contributed by atoms with Crippen molar-refractivity contribution in [3.8, 4) is 0 Å². The van der Waals surface area contributed by atoms with Gasteiger partial charge in [-0.25, -0.2) is 4.98 Å². The van der Waals surface area contributed by atoms with Crippen LogP contribution in [-0.2, 0) is 31.1 Å². The van der Waals surface area contributed by atoms with Crippen molar-refractivity contribution in [2.45, 2.75) is 32.6 Å². The summed E-state index contributed by atoms with van der Waals surface area (Å²) in [5.41, 5.74) is 6.73. The molecule has 0 aliphatic carbocycles. The molecule has 1 aromatic heterocycles. The number of para-hydroxylation sites is 1. The molecular weight excluding hydrogens is 369 g/mol. The van der Waals surface area contributed by atoms with E-state index in [-0.39, 0.29) is 25.9 Å². The molecule has 0 amide bonds. The number of carboxylic acid groups (broad SMARTS) is 1. The van der Waals surface area contributed by atoms with Crippen LogP contribution in [0.15, 0.2) is 18.2 Å². The predicted octanol–water partition coefficient (Wildman–Crippen LogP) is 2.87. The zero-order chi connectivity index (χ0) is 18.6. The third-order valence-corrected chi connectivity index (χ3v) is 5.72. The van der Waals surface area contributed by atoms with Gasteiger partial charge in [-0.05, 0) is 26.0 Å². The third-order valence-electron chi connectivity index (χ3n) is 3.48. The lowest BCUT2D eigenvalue weighted by atomic mass is 10.2. The lowest BCUT2D eigenvalue weighted by Crippen LogP contribution is -2.33. The Bertz CT molecular complexity index is 800. The summed E-state index contributed by atoms with van der Waals surface area (Å²) in [5, 5.41) is 9.47. The molecule has 0 radical (unpaired) electrons. The summed E-state index contributed by atoms with van der Waals surface area (Å²) < 4.78 is 25.2. The fourth-order valence-electron chi connectivity index (χ4n) is 2.47. The fraction of sp³-hybridized carbons (Fsp3) is 0.467. The summed E-state index contributed by atoms with van der Waals surface area (Å²) in [5.74, 6) is -0.792. The van der Waals surface area contributed by atoms with E-state index in [1.807, 2.05) is 0 Å². The van der Waals surface area contributed by atoms with E-state index in [0.29, 0.717) is 21.9 Å². The smallest absolute Gasteiger partial charge is 0.350 e. The Morgan fingerprint density at radius 3 is 2.60 bits per heavy atom. The van der Waals surface area contributed by atoms with E-state index < -0.39 is 19.6 Å². The molecule has 0 unspecified atom stereocenters. The molecule has 0 saturated carbocycles. The predicted molar refractivity (Wildman–Crippen MR) is 94.9 cm³/mol. The van der Waals surface area contributed by atoms with E-state index in [2.05, 4.69) is 4.98 Å². The average Bonchev–Trinajstić information content (AvgIpc) is 2.86. The van der Waals surface area contributed by atoms with Gasteiger partial charge in [0.25, 0.3) is 0 Å². The van der Waals surface area contributed by atoms with Crippen LogP contribution in [0.3, 0.4) is 0 Å². The Morgan fingerprint density at radius 2 is 2.04 bits per heavy atom. The largest absolute Gasteiger partial charge is 0.480 e. The molecule has 1 atom stereocenters. The number of aromatic nitrogens is 2. The normalized spacial score (nSPS) is 13.3. The molecule has 8 nitrogen and oxygen atoms in total. The van der Waals surface area contributed by atoms with Crippen molar-refractivity contribution in [3.63, 3.8) is 0 Å². The number of halogens is 1. The Hall–Kier alpha value is -1.44. The molecule has 2 aromatic rings. The molecule has 0 saturated heterocycles. The first-order chi connectivity index (χ1) is 11.8. The van der Waals surface area contributed by atoms with Crippen LogP contribution >= 0.6 is 19.2 Å². The Morgan fingerprint density at radius 1 is 1.40 bits per heavy atom. The summed E-state index contributed by atoms with van der Waals surface area (Å²) in [6.07, 6.45) is -0.171. The van der Waals surface area contributed by atoms with Crippen molar-refractivity contribution in [1.82, 2.24) is 9.55 Å². The van der Waals surface area contributed by atoms with Gasteiger partial charge in [-0.2, -0.15) is 0 Å². The quantitative estimate of drug-likeness (QED) is 0.633. The average molecular weight is 390 g/mol. The van der Waals surface area contributed by atoms with Gasteiger partial charge in [0.2, 0.25) is 0 Å². The van der Waals surface area contributed by atoms with E-state index in [0.717, 1.165) is 0 Å². The first-order valence-corrected chi connectivity index (χ1v) is 9.92. The SMILES string of the molecule is CCOP(=O)(Cn1c(C[C@@H](N)C(=O)O)nc2cccc(Cl)c21)OCC. The molecule has 2 rings (SSSR count).